The lowest BCUT2D eigenvalue weighted by atomic mass is 10.1. The first-order chi connectivity index (χ1) is 20.4. The van der Waals surface area contributed by atoms with E-state index in [1.54, 1.807) is 24.7 Å². The predicted octanol–water partition coefficient (Wildman–Crippen LogP) is 4.97. The van der Waals surface area contributed by atoms with Crippen molar-refractivity contribution in [3.8, 4) is 11.4 Å². The van der Waals surface area contributed by atoms with Gasteiger partial charge in [0.25, 0.3) is 5.91 Å². The van der Waals surface area contributed by atoms with Gasteiger partial charge in [-0.05, 0) is 62.9 Å². The van der Waals surface area contributed by atoms with Gasteiger partial charge < -0.3 is 20.1 Å². The van der Waals surface area contributed by atoms with E-state index in [2.05, 4.69) is 20.8 Å². The number of thioether (sulfide) groups is 1. The van der Waals surface area contributed by atoms with Crippen LogP contribution in [-0.4, -0.2) is 52.0 Å². The van der Waals surface area contributed by atoms with Gasteiger partial charge in [-0.1, -0.05) is 41.6 Å². The number of carbonyl (C=O) groups excluding carboxylic acids is 3. The lowest BCUT2D eigenvalue weighted by molar-refractivity contribution is -0.113. The number of amides is 2. The molecule has 1 aliphatic carbocycles. The molecule has 5 rings (SSSR count). The minimum absolute atomic E-state index is 0.0216. The van der Waals surface area contributed by atoms with Crippen LogP contribution in [0.4, 0.5) is 5.00 Å². The Hall–Kier alpha value is -4.16. The van der Waals surface area contributed by atoms with Crippen LogP contribution in [0, 0.1) is 6.92 Å². The van der Waals surface area contributed by atoms with Crippen LogP contribution in [0.2, 0.25) is 0 Å². The third-order valence-corrected chi connectivity index (χ3v) is 8.84. The molecule has 4 aromatic rings. The highest BCUT2D eigenvalue weighted by atomic mass is 32.2. The maximum atomic E-state index is 13.1. The molecule has 0 atom stereocenters. The van der Waals surface area contributed by atoms with Crippen LogP contribution in [0.1, 0.15) is 55.9 Å². The third kappa shape index (κ3) is 6.34. The Labute approximate surface area is 251 Å². The van der Waals surface area contributed by atoms with Crippen molar-refractivity contribution in [3.63, 3.8) is 0 Å². The molecule has 2 N–H and O–H groups in total. The smallest absolute Gasteiger partial charge is 0.341 e. The largest absolute Gasteiger partial charge is 0.495 e. The van der Waals surface area contributed by atoms with Crippen molar-refractivity contribution in [2.45, 2.75) is 44.8 Å². The van der Waals surface area contributed by atoms with Crippen LogP contribution in [0.15, 0.2) is 53.7 Å². The number of esters is 1. The Balaban J connectivity index is 1.35. The van der Waals surface area contributed by atoms with Crippen LogP contribution >= 0.6 is 23.1 Å². The average molecular weight is 606 g/mol. The van der Waals surface area contributed by atoms with Gasteiger partial charge in [-0.2, -0.15) is 0 Å². The molecule has 1 aliphatic rings. The number of benzene rings is 2. The second-order valence-electron chi connectivity index (χ2n) is 9.58. The number of fused-ring (bicyclic) bond motifs is 1. The Kier molecular flexibility index (Phi) is 9.23. The maximum absolute atomic E-state index is 13.1. The Morgan fingerprint density at radius 3 is 2.71 bits per heavy atom. The summed E-state index contributed by atoms with van der Waals surface area (Å²) in [5, 5.41) is 15.5. The number of hydrogen-bond acceptors (Lipinski definition) is 9. The summed E-state index contributed by atoms with van der Waals surface area (Å²) in [5.74, 6) is 0.155. The minimum atomic E-state index is -0.409. The van der Waals surface area contributed by atoms with Crippen molar-refractivity contribution in [1.29, 1.82) is 0 Å². The fraction of sp³-hybridized carbons (Fsp3) is 0.300. The molecule has 0 radical (unpaired) electrons. The molecular weight excluding hydrogens is 574 g/mol. The first-order valence-corrected chi connectivity index (χ1v) is 15.4. The number of methoxy groups -OCH3 is 1. The fourth-order valence-electron chi connectivity index (χ4n) is 4.82. The van der Waals surface area contributed by atoms with Crippen LogP contribution in [-0.2, 0) is 28.9 Å². The summed E-state index contributed by atoms with van der Waals surface area (Å²) < 4.78 is 12.6. The van der Waals surface area contributed by atoms with Crippen LogP contribution in [0.5, 0.6) is 5.75 Å². The molecule has 0 spiro atoms. The summed E-state index contributed by atoms with van der Waals surface area (Å²) in [6.07, 6.45) is 2.68. The van der Waals surface area contributed by atoms with Crippen molar-refractivity contribution >= 4 is 45.9 Å². The summed E-state index contributed by atoms with van der Waals surface area (Å²) in [6, 6.07) is 14.7. The molecule has 12 heteroatoms. The normalized spacial score (nSPS) is 12.1. The third-order valence-electron chi connectivity index (χ3n) is 6.70. The number of hydrogen-bond donors (Lipinski definition) is 2. The number of nitrogens with one attached hydrogen (secondary N) is 2. The van der Waals surface area contributed by atoms with Gasteiger partial charge >= 0.3 is 5.97 Å². The van der Waals surface area contributed by atoms with Gasteiger partial charge in [0.15, 0.2) is 11.0 Å². The summed E-state index contributed by atoms with van der Waals surface area (Å²) in [5.41, 5.74) is 3.66. The van der Waals surface area contributed by atoms with Crippen molar-refractivity contribution < 1.29 is 23.9 Å². The van der Waals surface area contributed by atoms with E-state index >= 15 is 0 Å². The second-order valence-corrected chi connectivity index (χ2v) is 11.6. The molecule has 2 heterocycles. The van der Waals surface area contributed by atoms with E-state index in [1.807, 2.05) is 49.4 Å². The Morgan fingerprint density at radius 2 is 1.93 bits per heavy atom. The van der Waals surface area contributed by atoms with E-state index < -0.39 is 5.97 Å². The molecule has 2 aromatic heterocycles. The highest BCUT2D eigenvalue weighted by Gasteiger charge is 2.28. The van der Waals surface area contributed by atoms with Crippen LogP contribution in [0.25, 0.3) is 5.69 Å². The molecule has 0 saturated carbocycles. The maximum Gasteiger partial charge on any atom is 0.341 e. The van der Waals surface area contributed by atoms with Gasteiger partial charge in [0.05, 0.1) is 37.3 Å². The van der Waals surface area contributed by atoms with Gasteiger partial charge in [-0.3, -0.25) is 14.2 Å². The minimum Gasteiger partial charge on any atom is -0.495 e. The first-order valence-electron chi connectivity index (χ1n) is 13.6. The van der Waals surface area contributed by atoms with Crippen molar-refractivity contribution in [1.82, 2.24) is 20.1 Å². The zero-order chi connectivity index (χ0) is 29.6. The number of carbonyl (C=O) groups is 3. The van der Waals surface area contributed by atoms with Crippen molar-refractivity contribution in [2.75, 3.05) is 24.8 Å². The molecule has 0 unspecified atom stereocenters. The van der Waals surface area contributed by atoms with Gasteiger partial charge in [-0.25, -0.2) is 4.79 Å². The number of para-hydroxylation sites is 2. The molecule has 0 saturated heterocycles. The van der Waals surface area contributed by atoms with E-state index in [0.717, 1.165) is 35.3 Å². The van der Waals surface area contributed by atoms with Gasteiger partial charge in [0.2, 0.25) is 5.91 Å². The topological polar surface area (TPSA) is 124 Å². The molecule has 0 fully saturated rings. The number of thiophene rings is 1. The summed E-state index contributed by atoms with van der Waals surface area (Å²) in [6.45, 7) is 4.06. The summed E-state index contributed by atoms with van der Waals surface area (Å²) in [7, 11) is 1.57. The van der Waals surface area contributed by atoms with Gasteiger partial charge in [-0.15, -0.1) is 21.5 Å². The number of ether oxygens (including phenoxy) is 2. The monoisotopic (exact) mass is 605 g/mol. The number of aryl methyl sites for hydroxylation is 2. The molecule has 0 aliphatic heterocycles. The molecular formula is C30H31N5O5S2. The highest BCUT2D eigenvalue weighted by molar-refractivity contribution is 7.99. The summed E-state index contributed by atoms with van der Waals surface area (Å²) >= 11 is 2.63. The van der Waals surface area contributed by atoms with E-state index in [1.165, 1.54) is 23.1 Å². The van der Waals surface area contributed by atoms with E-state index in [0.29, 0.717) is 38.5 Å². The van der Waals surface area contributed by atoms with Crippen molar-refractivity contribution in [3.05, 3.63) is 81.5 Å². The van der Waals surface area contributed by atoms with Crippen molar-refractivity contribution in [2.24, 2.45) is 0 Å². The SMILES string of the molecule is CCOC(=O)c1c(NC(=O)CSc2nnc(CNC(=O)c3cccc(C)c3)n2-c2ccccc2OC)sc2c1CCC2. The van der Waals surface area contributed by atoms with E-state index in [4.69, 9.17) is 9.47 Å². The van der Waals surface area contributed by atoms with E-state index in [-0.39, 0.29) is 30.7 Å². The number of anilines is 1. The first kappa shape index (κ1) is 29.3. The standard InChI is InChI=1S/C30H31N5O5S2/c1-4-40-29(38)26-20-11-8-14-23(20)42-28(26)32-25(36)17-41-30-34-33-24(35(30)21-12-5-6-13-22(21)39-3)16-31-27(37)19-10-7-9-18(2)15-19/h5-7,9-10,12-13,15H,4,8,11,14,16-17H2,1-3H3,(H,31,37)(H,32,36). The molecule has 0 bridgehead atoms. The molecule has 2 amide bonds. The lowest BCUT2D eigenvalue weighted by Crippen LogP contribution is -2.24. The predicted molar refractivity (Wildman–Crippen MR) is 162 cm³/mol. The zero-order valence-electron chi connectivity index (χ0n) is 23.6. The summed E-state index contributed by atoms with van der Waals surface area (Å²) in [4.78, 5) is 39.7. The average Bonchev–Trinajstić information content (AvgIpc) is 3.69. The molecule has 10 nitrogen and oxygen atoms in total. The Bertz CT molecular complexity index is 1630. The highest BCUT2D eigenvalue weighted by Crippen LogP contribution is 2.39. The number of nitrogens with zero attached hydrogens (tertiary/aromatic N) is 3. The fourth-order valence-corrected chi connectivity index (χ4v) is 6.87. The number of rotatable bonds is 11. The quantitative estimate of drug-likeness (QED) is 0.181. The molecule has 2 aromatic carbocycles. The van der Waals surface area contributed by atoms with Crippen LogP contribution < -0.4 is 15.4 Å². The second kappa shape index (κ2) is 13.2. The van der Waals surface area contributed by atoms with Gasteiger partial charge in [0, 0.05) is 10.4 Å². The lowest BCUT2D eigenvalue weighted by Gasteiger charge is -2.14. The molecule has 218 valence electrons. The van der Waals surface area contributed by atoms with Crippen LogP contribution in [0.3, 0.4) is 0 Å². The Morgan fingerprint density at radius 1 is 1.10 bits per heavy atom. The molecule has 42 heavy (non-hydrogen) atoms. The van der Waals surface area contributed by atoms with E-state index in [9.17, 15) is 14.4 Å². The number of aromatic nitrogens is 3. The zero-order valence-corrected chi connectivity index (χ0v) is 25.2. The van der Waals surface area contributed by atoms with Gasteiger partial charge in [0.1, 0.15) is 10.8 Å².